The van der Waals surface area contributed by atoms with Gasteiger partial charge in [-0.25, -0.2) is 9.97 Å². The molecular formula is C32H32N8O2. The van der Waals surface area contributed by atoms with Crippen LogP contribution < -0.4 is 15.5 Å². The van der Waals surface area contributed by atoms with Gasteiger partial charge in [-0.1, -0.05) is 31.2 Å². The fourth-order valence-electron chi connectivity index (χ4n) is 5.25. The Labute approximate surface area is 243 Å². The van der Waals surface area contributed by atoms with Crippen molar-refractivity contribution in [1.29, 1.82) is 0 Å². The summed E-state index contributed by atoms with van der Waals surface area (Å²) in [5.41, 5.74) is 7.67. The van der Waals surface area contributed by atoms with Crippen molar-refractivity contribution < 1.29 is 9.59 Å². The van der Waals surface area contributed by atoms with E-state index in [0.29, 0.717) is 30.4 Å². The topological polar surface area (TPSA) is 121 Å². The molecule has 5 aromatic rings. The molecule has 0 atom stereocenters. The van der Waals surface area contributed by atoms with E-state index in [-0.39, 0.29) is 11.8 Å². The first-order valence-corrected chi connectivity index (χ1v) is 14.0. The van der Waals surface area contributed by atoms with Crippen LogP contribution in [0.25, 0.3) is 28.2 Å². The number of rotatable bonds is 8. The Kier molecular flexibility index (Phi) is 7.03. The number of para-hydroxylation sites is 1. The average molecular weight is 561 g/mol. The smallest absolute Gasteiger partial charge is 0.259 e. The molecule has 6 rings (SSSR count). The van der Waals surface area contributed by atoms with Gasteiger partial charge in [0.05, 0.1) is 23.4 Å². The highest BCUT2D eigenvalue weighted by atomic mass is 16.2. The number of nitrogens with zero attached hydrogens (tertiary/aromatic N) is 5. The lowest BCUT2D eigenvalue weighted by molar-refractivity contribution is -0.116. The van der Waals surface area contributed by atoms with Crippen LogP contribution in [0.15, 0.2) is 60.9 Å². The molecule has 3 aromatic heterocycles. The van der Waals surface area contributed by atoms with Crippen LogP contribution in [0, 0.1) is 13.8 Å². The molecule has 2 aromatic carbocycles. The molecule has 0 saturated heterocycles. The van der Waals surface area contributed by atoms with Crippen molar-refractivity contribution in [1.82, 2.24) is 30.0 Å². The van der Waals surface area contributed by atoms with E-state index < -0.39 is 0 Å². The minimum atomic E-state index is -0.146. The van der Waals surface area contributed by atoms with E-state index in [2.05, 4.69) is 25.7 Å². The van der Waals surface area contributed by atoms with E-state index in [9.17, 15) is 9.59 Å². The molecule has 0 spiro atoms. The fraction of sp³-hybridized carbons (Fsp3) is 0.219. The van der Waals surface area contributed by atoms with Crippen molar-refractivity contribution in [2.45, 2.75) is 33.7 Å². The number of aromatic nitrogens is 5. The SMILES string of the molecule is CCCNC(=O)/C=C/c1cccc2c1CN(c1cccc3c(-c4nc(Nc5cc(C)n(C)n5)ncc4C)c[nH]c13)C2=O. The number of nitrogens with one attached hydrogen (secondary N) is 3. The first kappa shape index (κ1) is 26.9. The first-order chi connectivity index (χ1) is 20.3. The molecule has 0 unspecified atom stereocenters. The summed E-state index contributed by atoms with van der Waals surface area (Å²) in [6.07, 6.45) is 7.90. The summed E-state index contributed by atoms with van der Waals surface area (Å²) in [6, 6.07) is 13.5. The highest BCUT2D eigenvalue weighted by molar-refractivity contribution is 6.15. The Morgan fingerprint density at radius 3 is 2.76 bits per heavy atom. The molecule has 0 bridgehead atoms. The number of H-pyrrole nitrogens is 1. The van der Waals surface area contributed by atoms with E-state index in [4.69, 9.17) is 4.98 Å². The fourth-order valence-corrected chi connectivity index (χ4v) is 5.25. The predicted molar refractivity (Wildman–Crippen MR) is 165 cm³/mol. The van der Waals surface area contributed by atoms with Crippen molar-refractivity contribution in [3.05, 3.63) is 88.9 Å². The van der Waals surface area contributed by atoms with Crippen molar-refractivity contribution in [3.8, 4) is 11.3 Å². The number of carbonyl (C=O) groups excluding carboxylic acids is 2. The molecular weight excluding hydrogens is 528 g/mol. The molecule has 1 aliphatic rings. The highest BCUT2D eigenvalue weighted by Crippen LogP contribution is 2.38. The van der Waals surface area contributed by atoms with Crippen LogP contribution in [0.5, 0.6) is 0 Å². The maximum atomic E-state index is 13.6. The molecule has 0 aliphatic carbocycles. The molecule has 10 nitrogen and oxygen atoms in total. The molecule has 2 amide bonds. The monoisotopic (exact) mass is 560 g/mol. The molecule has 42 heavy (non-hydrogen) atoms. The standard InChI is InChI=1S/C32H32N8O2/c1-5-14-33-28(41)13-12-21-8-6-10-23-25(21)18-40(31(23)42)26-11-7-9-22-24(17-34-30(22)26)29-19(2)16-35-32(37-29)36-27-15-20(3)39(4)38-27/h6-13,15-17,34H,5,14,18H2,1-4H3,(H,33,41)(H,35,36,37,38)/b13-12+. The summed E-state index contributed by atoms with van der Waals surface area (Å²) in [6.45, 7) is 7.00. The predicted octanol–water partition coefficient (Wildman–Crippen LogP) is 5.42. The Bertz CT molecular complexity index is 1850. The lowest BCUT2D eigenvalue weighted by Gasteiger charge is -2.17. The molecule has 0 fully saturated rings. The summed E-state index contributed by atoms with van der Waals surface area (Å²) >= 11 is 0. The van der Waals surface area contributed by atoms with Gasteiger partial charge >= 0.3 is 0 Å². The minimum Gasteiger partial charge on any atom is -0.359 e. The van der Waals surface area contributed by atoms with E-state index in [0.717, 1.165) is 56.7 Å². The number of fused-ring (bicyclic) bond motifs is 2. The summed E-state index contributed by atoms with van der Waals surface area (Å²) in [7, 11) is 1.89. The van der Waals surface area contributed by atoms with Crippen molar-refractivity contribution in [2.75, 3.05) is 16.8 Å². The molecule has 212 valence electrons. The number of amides is 2. The molecule has 1 aliphatic heterocycles. The Morgan fingerprint density at radius 1 is 1.14 bits per heavy atom. The number of benzene rings is 2. The van der Waals surface area contributed by atoms with Crippen LogP contribution in [-0.2, 0) is 18.4 Å². The summed E-state index contributed by atoms with van der Waals surface area (Å²) in [5.74, 6) is 0.907. The van der Waals surface area contributed by atoms with Gasteiger partial charge in [0.25, 0.3) is 5.91 Å². The van der Waals surface area contributed by atoms with Gasteiger partial charge in [-0.2, -0.15) is 5.10 Å². The number of aryl methyl sites for hydroxylation is 3. The zero-order chi connectivity index (χ0) is 29.4. The summed E-state index contributed by atoms with van der Waals surface area (Å²) in [5, 5.41) is 11.4. The van der Waals surface area contributed by atoms with Gasteiger partial charge in [0.1, 0.15) is 0 Å². The number of aromatic amines is 1. The second-order valence-corrected chi connectivity index (χ2v) is 10.4. The van der Waals surface area contributed by atoms with Gasteiger partial charge < -0.3 is 20.5 Å². The third kappa shape index (κ3) is 4.91. The Balaban J connectivity index is 1.32. The van der Waals surface area contributed by atoms with Crippen molar-refractivity contribution in [2.24, 2.45) is 7.05 Å². The lowest BCUT2D eigenvalue weighted by Crippen LogP contribution is -2.23. The van der Waals surface area contributed by atoms with E-state index in [1.165, 1.54) is 6.08 Å². The van der Waals surface area contributed by atoms with Gasteiger partial charge in [0.15, 0.2) is 5.82 Å². The van der Waals surface area contributed by atoms with Crippen LogP contribution in [-0.4, -0.2) is 43.1 Å². The van der Waals surface area contributed by atoms with Crippen LogP contribution in [0.4, 0.5) is 17.5 Å². The second-order valence-electron chi connectivity index (χ2n) is 10.4. The molecule has 10 heteroatoms. The Morgan fingerprint density at radius 2 is 1.98 bits per heavy atom. The first-order valence-electron chi connectivity index (χ1n) is 14.0. The van der Waals surface area contributed by atoms with Crippen molar-refractivity contribution >= 4 is 46.2 Å². The maximum absolute atomic E-state index is 13.6. The Hall–Kier alpha value is -5.25. The van der Waals surface area contributed by atoms with E-state index in [1.807, 2.05) is 76.5 Å². The second kappa shape index (κ2) is 11.0. The van der Waals surface area contributed by atoms with Crippen LogP contribution >= 0.6 is 0 Å². The molecule has 3 N–H and O–H groups in total. The average Bonchev–Trinajstić information content (AvgIpc) is 3.66. The quantitative estimate of drug-likeness (QED) is 0.218. The van der Waals surface area contributed by atoms with E-state index in [1.54, 1.807) is 21.9 Å². The van der Waals surface area contributed by atoms with Gasteiger partial charge in [0.2, 0.25) is 11.9 Å². The number of anilines is 3. The highest BCUT2D eigenvalue weighted by Gasteiger charge is 2.31. The van der Waals surface area contributed by atoms with Crippen LogP contribution in [0.3, 0.4) is 0 Å². The minimum absolute atomic E-state index is 0.0744. The third-order valence-electron chi connectivity index (χ3n) is 7.53. The number of hydrogen-bond acceptors (Lipinski definition) is 6. The normalized spacial score (nSPS) is 12.9. The summed E-state index contributed by atoms with van der Waals surface area (Å²) in [4.78, 5) is 40.2. The number of carbonyl (C=O) groups is 2. The largest absolute Gasteiger partial charge is 0.359 e. The van der Waals surface area contributed by atoms with Crippen LogP contribution in [0.2, 0.25) is 0 Å². The molecule has 0 radical (unpaired) electrons. The van der Waals surface area contributed by atoms with E-state index >= 15 is 0 Å². The van der Waals surface area contributed by atoms with Gasteiger partial charge in [0, 0.05) is 60.3 Å². The van der Waals surface area contributed by atoms with Crippen LogP contribution in [0.1, 0.15) is 46.1 Å². The van der Waals surface area contributed by atoms with Crippen molar-refractivity contribution in [3.63, 3.8) is 0 Å². The molecule has 4 heterocycles. The maximum Gasteiger partial charge on any atom is 0.259 e. The van der Waals surface area contributed by atoms with Gasteiger partial charge in [-0.15, -0.1) is 0 Å². The van der Waals surface area contributed by atoms with Gasteiger partial charge in [-0.3, -0.25) is 14.3 Å². The summed E-state index contributed by atoms with van der Waals surface area (Å²) < 4.78 is 1.79. The zero-order valence-electron chi connectivity index (χ0n) is 24.0. The number of hydrogen-bond donors (Lipinski definition) is 3. The third-order valence-corrected chi connectivity index (χ3v) is 7.53. The zero-order valence-corrected chi connectivity index (χ0v) is 24.0. The molecule has 0 saturated carbocycles. The van der Waals surface area contributed by atoms with Gasteiger partial charge in [-0.05, 0) is 55.2 Å². The lowest BCUT2D eigenvalue weighted by atomic mass is 10.0.